The number of para-hydroxylation sites is 2. The Morgan fingerprint density at radius 3 is 2.67 bits per heavy atom. The van der Waals surface area contributed by atoms with Gasteiger partial charge in [0.1, 0.15) is 0 Å². The highest BCUT2D eigenvalue weighted by atomic mass is 79.9. The molecule has 9 heteroatoms. The predicted molar refractivity (Wildman–Crippen MR) is 93.5 cm³/mol. The number of benzene rings is 2. The zero-order valence-electron chi connectivity index (χ0n) is 12.5. The molecule has 0 unspecified atom stereocenters. The summed E-state index contributed by atoms with van der Waals surface area (Å²) in [5.74, 6) is 0. The molecule has 7 nitrogen and oxygen atoms in total. The first-order chi connectivity index (χ1) is 11.4. The van der Waals surface area contributed by atoms with E-state index in [9.17, 15) is 18.5 Å². The zero-order valence-corrected chi connectivity index (χ0v) is 14.9. The van der Waals surface area contributed by atoms with E-state index in [1.54, 1.807) is 6.07 Å². The number of nitrogens with one attached hydrogen (secondary N) is 1. The normalized spacial score (nSPS) is 14.8. The van der Waals surface area contributed by atoms with E-state index in [4.69, 9.17) is 0 Å². The number of halogens is 1. The smallest absolute Gasteiger partial charge is 0.289 e. The van der Waals surface area contributed by atoms with E-state index in [1.807, 2.05) is 12.1 Å². The Morgan fingerprint density at radius 1 is 1.17 bits per heavy atom. The van der Waals surface area contributed by atoms with Crippen molar-refractivity contribution in [2.24, 2.45) is 0 Å². The van der Waals surface area contributed by atoms with E-state index >= 15 is 0 Å². The molecule has 2 aromatic carbocycles. The molecule has 0 radical (unpaired) electrons. The van der Waals surface area contributed by atoms with Crippen LogP contribution in [0, 0.1) is 10.1 Å². The minimum atomic E-state index is -4.08. The van der Waals surface area contributed by atoms with Crippen LogP contribution in [-0.2, 0) is 16.6 Å². The number of nitro benzene ring substituents is 1. The molecule has 1 N–H and O–H groups in total. The molecule has 0 bridgehead atoms. The van der Waals surface area contributed by atoms with Crippen molar-refractivity contribution < 1.29 is 13.3 Å². The molecular weight excluding hydrogens is 398 g/mol. The Morgan fingerprint density at radius 2 is 1.92 bits per heavy atom. The second-order valence-corrected chi connectivity index (χ2v) is 7.91. The van der Waals surface area contributed by atoms with Gasteiger partial charge in [-0.2, -0.15) is 0 Å². The van der Waals surface area contributed by atoms with Crippen LogP contribution in [0.1, 0.15) is 5.56 Å². The van der Waals surface area contributed by atoms with Crippen molar-refractivity contribution in [3.05, 3.63) is 62.6 Å². The van der Waals surface area contributed by atoms with Crippen molar-refractivity contribution >= 4 is 37.3 Å². The minimum absolute atomic E-state index is 0.185. The lowest BCUT2D eigenvalue weighted by Gasteiger charge is -2.25. The second-order valence-electron chi connectivity index (χ2n) is 5.23. The molecule has 24 heavy (non-hydrogen) atoms. The number of rotatable bonds is 3. The molecule has 3 rings (SSSR count). The van der Waals surface area contributed by atoms with Crippen LogP contribution >= 0.6 is 15.9 Å². The first kappa shape index (κ1) is 16.9. The summed E-state index contributed by atoms with van der Waals surface area (Å²) in [6.45, 7) is 1.16. The first-order valence-electron chi connectivity index (χ1n) is 7.17. The van der Waals surface area contributed by atoms with Gasteiger partial charge in [0.05, 0.1) is 10.6 Å². The van der Waals surface area contributed by atoms with Crippen molar-refractivity contribution in [1.82, 2.24) is 5.32 Å². The third-order valence-electron chi connectivity index (χ3n) is 3.76. The van der Waals surface area contributed by atoms with E-state index in [1.165, 1.54) is 28.6 Å². The number of anilines is 1. The van der Waals surface area contributed by atoms with Gasteiger partial charge in [-0.3, -0.25) is 14.4 Å². The fourth-order valence-corrected chi connectivity index (χ4v) is 5.10. The molecule has 0 spiro atoms. The highest BCUT2D eigenvalue weighted by molar-refractivity contribution is 9.10. The fourth-order valence-electron chi connectivity index (χ4n) is 2.68. The van der Waals surface area contributed by atoms with Crippen LogP contribution < -0.4 is 9.62 Å². The van der Waals surface area contributed by atoms with E-state index in [0.29, 0.717) is 23.2 Å². The van der Waals surface area contributed by atoms with Crippen LogP contribution in [0.3, 0.4) is 0 Å². The van der Waals surface area contributed by atoms with Crippen molar-refractivity contribution in [3.63, 3.8) is 0 Å². The molecule has 0 atom stereocenters. The molecule has 2 aromatic rings. The van der Waals surface area contributed by atoms with Gasteiger partial charge in [0.25, 0.3) is 15.7 Å². The maximum absolute atomic E-state index is 13.2. The van der Waals surface area contributed by atoms with Gasteiger partial charge in [-0.25, -0.2) is 8.42 Å². The summed E-state index contributed by atoms with van der Waals surface area (Å²) in [7, 11) is -4.08. The summed E-state index contributed by atoms with van der Waals surface area (Å²) in [5, 5.41) is 14.4. The second kappa shape index (κ2) is 6.50. The molecule has 1 heterocycles. The Labute approximate surface area is 147 Å². The zero-order chi connectivity index (χ0) is 17.3. The number of sulfonamides is 1. The van der Waals surface area contributed by atoms with Gasteiger partial charge >= 0.3 is 0 Å². The highest BCUT2D eigenvalue weighted by Gasteiger charge is 2.34. The van der Waals surface area contributed by atoms with Gasteiger partial charge in [0.15, 0.2) is 4.90 Å². The number of hydrogen-bond donors (Lipinski definition) is 1. The van der Waals surface area contributed by atoms with Crippen LogP contribution in [0.4, 0.5) is 11.4 Å². The lowest BCUT2D eigenvalue weighted by Crippen LogP contribution is -2.35. The highest BCUT2D eigenvalue weighted by Crippen LogP contribution is 2.36. The third kappa shape index (κ3) is 2.90. The first-order valence-corrected chi connectivity index (χ1v) is 9.40. The van der Waals surface area contributed by atoms with Crippen LogP contribution in [0.2, 0.25) is 0 Å². The Balaban J connectivity index is 2.21. The van der Waals surface area contributed by atoms with Crippen molar-refractivity contribution in [3.8, 4) is 0 Å². The number of nitrogens with zero attached hydrogens (tertiary/aromatic N) is 2. The molecule has 1 aliphatic heterocycles. The quantitative estimate of drug-likeness (QED) is 0.618. The van der Waals surface area contributed by atoms with Gasteiger partial charge < -0.3 is 5.32 Å². The number of nitro groups is 1. The standard InChI is InChI=1S/C15H14BrN3O4S/c16-12-5-3-4-11-10-17-8-9-18(15(11)12)24(22,23)14-7-2-1-6-13(14)19(20)21/h1-7,17H,8-10H2. The van der Waals surface area contributed by atoms with Gasteiger partial charge in [-0.1, -0.05) is 24.3 Å². The topological polar surface area (TPSA) is 92.5 Å². The van der Waals surface area contributed by atoms with Gasteiger partial charge in [-0.15, -0.1) is 0 Å². The molecule has 0 saturated heterocycles. The lowest BCUT2D eigenvalue weighted by molar-refractivity contribution is -0.387. The number of fused-ring (bicyclic) bond motifs is 1. The third-order valence-corrected chi connectivity index (χ3v) is 6.24. The molecule has 0 fully saturated rings. The maximum Gasteiger partial charge on any atom is 0.289 e. The van der Waals surface area contributed by atoms with E-state index in [-0.39, 0.29) is 11.4 Å². The molecule has 0 aromatic heterocycles. The van der Waals surface area contributed by atoms with E-state index in [0.717, 1.165) is 5.56 Å². The van der Waals surface area contributed by atoms with Crippen LogP contribution in [0.25, 0.3) is 0 Å². The maximum atomic E-state index is 13.2. The summed E-state index contributed by atoms with van der Waals surface area (Å²) < 4.78 is 28.2. The molecule has 0 amide bonds. The number of hydrogen-bond acceptors (Lipinski definition) is 5. The molecular formula is C15H14BrN3O4S. The van der Waals surface area contributed by atoms with Crippen molar-refractivity contribution in [1.29, 1.82) is 0 Å². The predicted octanol–water partition coefficient (Wildman–Crippen LogP) is 2.66. The lowest BCUT2D eigenvalue weighted by atomic mass is 10.2. The summed E-state index contributed by atoms with van der Waals surface area (Å²) in [6.07, 6.45) is 0. The molecule has 1 aliphatic rings. The van der Waals surface area contributed by atoms with Crippen LogP contribution in [0.15, 0.2) is 51.8 Å². The van der Waals surface area contributed by atoms with E-state index < -0.39 is 20.6 Å². The Kier molecular flexibility index (Phi) is 4.57. The van der Waals surface area contributed by atoms with Gasteiger partial charge in [0.2, 0.25) is 0 Å². The van der Waals surface area contributed by atoms with Gasteiger partial charge in [0, 0.05) is 30.2 Å². The average molecular weight is 412 g/mol. The monoisotopic (exact) mass is 411 g/mol. The van der Waals surface area contributed by atoms with Crippen molar-refractivity contribution in [2.45, 2.75) is 11.4 Å². The minimum Gasteiger partial charge on any atom is -0.311 e. The SMILES string of the molecule is O=[N+]([O-])c1ccccc1S(=O)(=O)N1CCNCc2cccc(Br)c21. The Bertz CT molecular complexity index is 901. The van der Waals surface area contributed by atoms with Crippen molar-refractivity contribution in [2.75, 3.05) is 17.4 Å². The van der Waals surface area contributed by atoms with Crippen LogP contribution in [-0.4, -0.2) is 26.4 Å². The average Bonchev–Trinajstić information content (AvgIpc) is 2.78. The molecule has 0 aliphatic carbocycles. The largest absolute Gasteiger partial charge is 0.311 e. The molecule has 126 valence electrons. The summed E-state index contributed by atoms with van der Waals surface area (Å²) in [6, 6.07) is 10.8. The Hall–Kier alpha value is -1.97. The fraction of sp³-hybridized carbons (Fsp3) is 0.200. The summed E-state index contributed by atoms with van der Waals surface area (Å²) in [4.78, 5) is 10.2. The van der Waals surface area contributed by atoms with Gasteiger partial charge in [-0.05, 0) is 33.6 Å². The summed E-state index contributed by atoms with van der Waals surface area (Å²) in [5.41, 5.74) is 0.896. The molecule has 0 saturated carbocycles. The summed E-state index contributed by atoms with van der Waals surface area (Å²) >= 11 is 3.40. The van der Waals surface area contributed by atoms with Crippen LogP contribution in [0.5, 0.6) is 0 Å². The van der Waals surface area contributed by atoms with E-state index in [2.05, 4.69) is 21.2 Å².